The van der Waals surface area contributed by atoms with Crippen LogP contribution in [0.3, 0.4) is 0 Å². The first-order chi connectivity index (χ1) is 16.4. The van der Waals surface area contributed by atoms with Crippen LogP contribution >= 0.6 is 0 Å². The first kappa shape index (κ1) is 24.0. The average Bonchev–Trinajstić information content (AvgIpc) is 3.54. The standard InChI is InChI=1S/C24H36N8O2/c1-15(2)20-12-19(34-31-20)14-26-24-28-22(27-16(3)11-21(30-25)17-5-6-17)13-23(29-24)33-18-7-9-32(4)10-8-18/h11-13,15,17-18,30H,3,5-10,14,25H2,1-2,4H3,(H2,26,27,28,29)/b21-11-. The van der Waals surface area contributed by atoms with Gasteiger partial charge in [-0.25, -0.2) is 0 Å². The molecule has 184 valence electrons. The summed E-state index contributed by atoms with van der Waals surface area (Å²) in [6, 6.07) is 3.75. The van der Waals surface area contributed by atoms with Crippen molar-refractivity contribution in [2.45, 2.75) is 58.1 Å². The Bertz CT molecular complexity index is 1010. The maximum atomic E-state index is 6.23. The van der Waals surface area contributed by atoms with Gasteiger partial charge in [-0.05, 0) is 44.7 Å². The fourth-order valence-corrected chi connectivity index (χ4v) is 3.81. The molecule has 3 heterocycles. The van der Waals surface area contributed by atoms with Gasteiger partial charge in [0.05, 0.1) is 12.2 Å². The summed E-state index contributed by atoms with van der Waals surface area (Å²) in [6.45, 7) is 10.7. The van der Waals surface area contributed by atoms with E-state index in [9.17, 15) is 0 Å². The molecule has 2 aliphatic rings. The van der Waals surface area contributed by atoms with Gasteiger partial charge in [-0.15, -0.1) is 0 Å². The lowest BCUT2D eigenvalue weighted by Crippen LogP contribution is -2.35. The minimum absolute atomic E-state index is 0.126. The van der Waals surface area contributed by atoms with Gasteiger partial charge in [0.15, 0.2) is 5.76 Å². The third-order valence-corrected chi connectivity index (χ3v) is 6.05. The summed E-state index contributed by atoms with van der Waals surface area (Å²) in [7, 11) is 2.13. The van der Waals surface area contributed by atoms with E-state index in [1.54, 1.807) is 6.07 Å². The van der Waals surface area contributed by atoms with Crippen LogP contribution < -0.4 is 26.6 Å². The second kappa shape index (κ2) is 10.9. The number of anilines is 2. The lowest BCUT2D eigenvalue weighted by atomic mass is 10.1. The molecular formula is C24H36N8O2. The highest BCUT2D eigenvalue weighted by molar-refractivity contribution is 5.50. The van der Waals surface area contributed by atoms with E-state index in [1.807, 2.05) is 12.1 Å². The van der Waals surface area contributed by atoms with E-state index in [2.05, 4.69) is 63.6 Å². The molecule has 0 radical (unpaired) electrons. The van der Waals surface area contributed by atoms with Crippen molar-refractivity contribution >= 4 is 11.8 Å². The number of hydrogen-bond donors (Lipinski definition) is 4. The molecule has 0 amide bonds. The number of rotatable bonds is 11. The highest BCUT2D eigenvalue weighted by Crippen LogP contribution is 2.35. The van der Waals surface area contributed by atoms with Gasteiger partial charge in [0.2, 0.25) is 11.8 Å². The minimum atomic E-state index is 0.126. The van der Waals surface area contributed by atoms with Crippen molar-refractivity contribution < 1.29 is 9.26 Å². The third kappa shape index (κ3) is 6.71. The normalized spacial score (nSPS) is 17.6. The van der Waals surface area contributed by atoms with Gasteiger partial charge in [0, 0.05) is 42.5 Å². The third-order valence-electron chi connectivity index (χ3n) is 6.05. The average molecular weight is 469 g/mol. The van der Waals surface area contributed by atoms with E-state index < -0.39 is 0 Å². The second-order valence-electron chi connectivity index (χ2n) is 9.43. The van der Waals surface area contributed by atoms with Crippen LogP contribution in [-0.2, 0) is 6.54 Å². The number of nitrogens with two attached hydrogens (primary N) is 1. The van der Waals surface area contributed by atoms with E-state index in [4.69, 9.17) is 15.1 Å². The number of nitrogens with one attached hydrogen (secondary N) is 3. The van der Waals surface area contributed by atoms with E-state index in [-0.39, 0.29) is 6.10 Å². The van der Waals surface area contributed by atoms with Crippen LogP contribution in [0, 0.1) is 5.92 Å². The summed E-state index contributed by atoms with van der Waals surface area (Å²) in [5, 5.41) is 10.6. The molecule has 0 atom stereocenters. The largest absolute Gasteiger partial charge is 0.474 e. The molecule has 1 saturated heterocycles. The number of allylic oxidation sites excluding steroid dienone is 2. The topological polar surface area (TPSA) is 126 Å². The zero-order valence-corrected chi connectivity index (χ0v) is 20.3. The van der Waals surface area contributed by atoms with Crippen molar-refractivity contribution in [2.75, 3.05) is 30.8 Å². The number of likely N-dealkylation sites (tertiary alicyclic amines) is 1. The van der Waals surface area contributed by atoms with Crippen molar-refractivity contribution in [1.82, 2.24) is 25.5 Å². The molecule has 1 saturated carbocycles. The number of hydrogen-bond acceptors (Lipinski definition) is 10. The molecule has 2 fully saturated rings. The molecule has 10 nitrogen and oxygen atoms in total. The quantitative estimate of drug-likeness (QED) is 0.221. The Morgan fingerprint density at radius 1 is 1.26 bits per heavy atom. The van der Waals surface area contributed by atoms with Gasteiger partial charge in [-0.3, -0.25) is 5.84 Å². The first-order valence-corrected chi connectivity index (χ1v) is 12.0. The molecule has 5 N–H and O–H groups in total. The molecule has 34 heavy (non-hydrogen) atoms. The molecule has 0 aromatic carbocycles. The zero-order chi connectivity index (χ0) is 24.1. The highest BCUT2D eigenvalue weighted by atomic mass is 16.5. The molecular weight excluding hydrogens is 432 g/mol. The molecule has 0 bridgehead atoms. The fraction of sp³-hybridized carbons (Fsp3) is 0.542. The van der Waals surface area contributed by atoms with Crippen LogP contribution in [-0.4, -0.2) is 46.3 Å². The van der Waals surface area contributed by atoms with Crippen LogP contribution in [0.1, 0.15) is 56.9 Å². The first-order valence-electron chi connectivity index (χ1n) is 12.0. The summed E-state index contributed by atoms with van der Waals surface area (Å²) in [5.74, 6) is 8.72. The van der Waals surface area contributed by atoms with Crippen LogP contribution in [0.4, 0.5) is 11.8 Å². The summed E-state index contributed by atoms with van der Waals surface area (Å²) < 4.78 is 11.7. The Morgan fingerprint density at radius 2 is 2.03 bits per heavy atom. The molecule has 10 heteroatoms. The van der Waals surface area contributed by atoms with Crippen molar-refractivity contribution in [3.63, 3.8) is 0 Å². The lowest BCUT2D eigenvalue weighted by Gasteiger charge is -2.29. The Balaban J connectivity index is 1.48. The fourth-order valence-electron chi connectivity index (χ4n) is 3.81. The minimum Gasteiger partial charge on any atom is -0.474 e. The molecule has 4 rings (SSSR count). The Labute approximate surface area is 201 Å². The van der Waals surface area contributed by atoms with E-state index >= 15 is 0 Å². The van der Waals surface area contributed by atoms with Crippen molar-refractivity contribution in [2.24, 2.45) is 11.8 Å². The van der Waals surface area contributed by atoms with E-state index in [0.29, 0.717) is 41.7 Å². The van der Waals surface area contributed by atoms with Crippen molar-refractivity contribution in [1.29, 1.82) is 0 Å². The van der Waals surface area contributed by atoms with E-state index in [0.717, 1.165) is 55.9 Å². The lowest BCUT2D eigenvalue weighted by molar-refractivity contribution is 0.110. The molecule has 1 aliphatic carbocycles. The smallest absolute Gasteiger partial charge is 0.228 e. The molecule has 2 aromatic rings. The highest BCUT2D eigenvalue weighted by Gasteiger charge is 2.25. The van der Waals surface area contributed by atoms with Gasteiger partial charge in [0.1, 0.15) is 11.9 Å². The number of nitrogens with zero attached hydrogens (tertiary/aromatic N) is 4. The van der Waals surface area contributed by atoms with E-state index in [1.165, 1.54) is 0 Å². The predicted octanol–water partition coefficient (Wildman–Crippen LogP) is 3.36. The predicted molar refractivity (Wildman–Crippen MR) is 132 cm³/mol. The summed E-state index contributed by atoms with van der Waals surface area (Å²) >= 11 is 0. The van der Waals surface area contributed by atoms with Crippen LogP contribution in [0.15, 0.2) is 40.7 Å². The SMILES string of the molecule is C=C(/C=C(\NN)C1CC1)Nc1cc(OC2CCN(C)CC2)nc(NCc2cc(C(C)C)no2)n1. The molecule has 0 unspecified atom stereocenters. The molecule has 1 aliphatic heterocycles. The molecule has 0 spiro atoms. The van der Waals surface area contributed by atoms with Gasteiger partial charge in [-0.1, -0.05) is 25.6 Å². The number of ether oxygens (including phenoxy) is 1. The Hall–Kier alpha value is -3.11. The maximum Gasteiger partial charge on any atom is 0.228 e. The van der Waals surface area contributed by atoms with Crippen LogP contribution in [0.2, 0.25) is 0 Å². The van der Waals surface area contributed by atoms with Crippen LogP contribution in [0.25, 0.3) is 0 Å². The van der Waals surface area contributed by atoms with Crippen molar-refractivity contribution in [3.8, 4) is 5.88 Å². The summed E-state index contributed by atoms with van der Waals surface area (Å²) in [5.41, 5.74) is 5.36. The van der Waals surface area contributed by atoms with Gasteiger partial charge in [0.25, 0.3) is 0 Å². The Morgan fingerprint density at radius 3 is 2.68 bits per heavy atom. The van der Waals surface area contributed by atoms with Gasteiger partial charge in [-0.2, -0.15) is 9.97 Å². The van der Waals surface area contributed by atoms with Gasteiger partial charge < -0.3 is 30.2 Å². The van der Waals surface area contributed by atoms with Crippen molar-refractivity contribution in [3.05, 3.63) is 47.6 Å². The number of hydrazine groups is 1. The number of piperidine rings is 1. The Kier molecular flexibility index (Phi) is 7.69. The number of aromatic nitrogens is 3. The summed E-state index contributed by atoms with van der Waals surface area (Å²) in [6.07, 6.45) is 6.25. The molecule has 2 aromatic heterocycles. The summed E-state index contributed by atoms with van der Waals surface area (Å²) in [4.78, 5) is 11.5. The maximum absolute atomic E-state index is 6.23. The second-order valence-corrected chi connectivity index (χ2v) is 9.43. The zero-order valence-electron chi connectivity index (χ0n) is 20.3. The van der Waals surface area contributed by atoms with Crippen LogP contribution in [0.5, 0.6) is 5.88 Å². The van der Waals surface area contributed by atoms with Gasteiger partial charge >= 0.3 is 0 Å². The monoisotopic (exact) mass is 468 g/mol.